The first-order chi connectivity index (χ1) is 6.77. The zero-order valence-corrected chi connectivity index (χ0v) is 8.24. The van der Waals surface area contributed by atoms with Crippen molar-refractivity contribution in [2.24, 2.45) is 0 Å². The summed E-state index contributed by atoms with van der Waals surface area (Å²) in [7, 11) is 0. The molecule has 0 bridgehead atoms. The Bertz CT molecular complexity index is 392. The van der Waals surface area contributed by atoms with Gasteiger partial charge in [0.25, 0.3) is 0 Å². The van der Waals surface area contributed by atoms with Gasteiger partial charge in [-0.15, -0.1) is 0 Å². The number of phenolic OH excluding ortho intramolecular Hbond substituents is 1. The monoisotopic (exact) mass is 206 g/mol. The molecule has 72 valence electrons. The Labute approximate surface area is 86.1 Å². The molecule has 2 nitrogen and oxygen atoms in total. The SMILES string of the molecule is Oc1ccc(C(O)c2ccsc2)cc1. The Balaban J connectivity index is 2.28. The molecule has 0 saturated carbocycles. The normalized spacial score (nSPS) is 12.6. The van der Waals surface area contributed by atoms with E-state index in [1.807, 2.05) is 16.8 Å². The smallest absolute Gasteiger partial charge is 0.115 e. The minimum atomic E-state index is -0.596. The molecular formula is C11H10O2S. The molecule has 0 spiro atoms. The van der Waals surface area contributed by atoms with E-state index >= 15 is 0 Å². The number of hydrogen-bond acceptors (Lipinski definition) is 3. The van der Waals surface area contributed by atoms with Gasteiger partial charge in [0.2, 0.25) is 0 Å². The van der Waals surface area contributed by atoms with Crippen LogP contribution in [0.1, 0.15) is 17.2 Å². The molecule has 2 rings (SSSR count). The van der Waals surface area contributed by atoms with Crippen LogP contribution < -0.4 is 0 Å². The number of aromatic hydroxyl groups is 1. The average molecular weight is 206 g/mol. The van der Waals surface area contributed by atoms with Gasteiger partial charge in [0.1, 0.15) is 11.9 Å². The minimum absolute atomic E-state index is 0.214. The van der Waals surface area contributed by atoms with E-state index in [1.54, 1.807) is 35.6 Å². The molecule has 0 aliphatic carbocycles. The quantitative estimate of drug-likeness (QED) is 0.792. The molecule has 1 aromatic carbocycles. The van der Waals surface area contributed by atoms with Crippen molar-refractivity contribution in [3.05, 3.63) is 52.2 Å². The van der Waals surface area contributed by atoms with Crippen LogP contribution in [-0.4, -0.2) is 10.2 Å². The van der Waals surface area contributed by atoms with Gasteiger partial charge in [-0.2, -0.15) is 11.3 Å². The zero-order chi connectivity index (χ0) is 9.97. The maximum atomic E-state index is 9.90. The summed E-state index contributed by atoms with van der Waals surface area (Å²) in [4.78, 5) is 0. The molecule has 0 amide bonds. The standard InChI is InChI=1S/C11H10O2S/c12-10-3-1-8(2-4-10)11(13)9-5-6-14-7-9/h1-7,11-13H. The van der Waals surface area contributed by atoms with Crippen molar-refractivity contribution in [2.45, 2.75) is 6.10 Å². The van der Waals surface area contributed by atoms with Crippen LogP contribution in [-0.2, 0) is 0 Å². The molecule has 1 heterocycles. The van der Waals surface area contributed by atoms with Crippen LogP contribution in [0, 0.1) is 0 Å². The highest BCUT2D eigenvalue weighted by Gasteiger charge is 2.09. The Hall–Kier alpha value is -1.32. The van der Waals surface area contributed by atoms with Gasteiger partial charge in [0.05, 0.1) is 0 Å². The lowest BCUT2D eigenvalue weighted by Crippen LogP contribution is -1.96. The molecular weight excluding hydrogens is 196 g/mol. The van der Waals surface area contributed by atoms with Crippen molar-refractivity contribution in [3.63, 3.8) is 0 Å². The summed E-state index contributed by atoms with van der Waals surface area (Å²) in [5.74, 6) is 0.214. The topological polar surface area (TPSA) is 40.5 Å². The second-order valence-electron chi connectivity index (χ2n) is 3.05. The molecule has 0 aliphatic heterocycles. The first-order valence-electron chi connectivity index (χ1n) is 4.26. The Kier molecular flexibility index (Phi) is 2.52. The molecule has 1 unspecified atom stereocenters. The predicted octanol–water partition coefficient (Wildman–Crippen LogP) is 2.54. The van der Waals surface area contributed by atoms with Crippen LogP contribution >= 0.6 is 11.3 Å². The Morgan fingerprint density at radius 1 is 1.00 bits per heavy atom. The molecule has 2 aromatic rings. The lowest BCUT2D eigenvalue weighted by Gasteiger charge is -2.08. The van der Waals surface area contributed by atoms with Gasteiger partial charge in [-0.05, 0) is 40.1 Å². The maximum absolute atomic E-state index is 9.90. The fourth-order valence-corrected chi connectivity index (χ4v) is 1.96. The summed E-state index contributed by atoms with van der Waals surface area (Å²) in [6.45, 7) is 0. The van der Waals surface area contributed by atoms with Crippen molar-refractivity contribution < 1.29 is 10.2 Å². The summed E-state index contributed by atoms with van der Waals surface area (Å²) < 4.78 is 0. The van der Waals surface area contributed by atoms with Crippen molar-refractivity contribution in [1.82, 2.24) is 0 Å². The van der Waals surface area contributed by atoms with E-state index in [2.05, 4.69) is 0 Å². The highest BCUT2D eigenvalue weighted by molar-refractivity contribution is 7.07. The highest BCUT2D eigenvalue weighted by atomic mass is 32.1. The van der Waals surface area contributed by atoms with Gasteiger partial charge in [0, 0.05) is 0 Å². The summed E-state index contributed by atoms with van der Waals surface area (Å²) in [5.41, 5.74) is 1.68. The molecule has 1 aromatic heterocycles. The van der Waals surface area contributed by atoms with Crippen molar-refractivity contribution in [2.75, 3.05) is 0 Å². The number of benzene rings is 1. The maximum Gasteiger partial charge on any atom is 0.115 e. The second-order valence-corrected chi connectivity index (χ2v) is 3.83. The van der Waals surface area contributed by atoms with Crippen LogP contribution in [0.3, 0.4) is 0 Å². The molecule has 14 heavy (non-hydrogen) atoms. The van der Waals surface area contributed by atoms with Gasteiger partial charge in [-0.3, -0.25) is 0 Å². The van der Waals surface area contributed by atoms with Crippen LogP contribution in [0.15, 0.2) is 41.1 Å². The van der Waals surface area contributed by atoms with E-state index in [1.165, 1.54) is 0 Å². The third-order valence-corrected chi connectivity index (χ3v) is 2.77. The number of thiophene rings is 1. The summed E-state index contributed by atoms with van der Waals surface area (Å²) in [5, 5.41) is 22.8. The van der Waals surface area contributed by atoms with Gasteiger partial charge >= 0.3 is 0 Å². The van der Waals surface area contributed by atoms with Crippen LogP contribution in [0.5, 0.6) is 5.75 Å². The summed E-state index contributed by atoms with van der Waals surface area (Å²) in [6.07, 6.45) is -0.596. The van der Waals surface area contributed by atoms with E-state index in [0.29, 0.717) is 0 Å². The number of aliphatic hydroxyl groups excluding tert-OH is 1. The molecule has 1 atom stereocenters. The summed E-state index contributed by atoms with van der Waals surface area (Å²) in [6, 6.07) is 8.48. The lowest BCUT2D eigenvalue weighted by atomic mass is 10.0. The fraction of sp³-hybridized carbons (Fsp3) is 0.0909. The third kappa shape index (κ3) is 1.78. The van der Waals surface area contributed by atoms with Gasteiger partial charge in [-0.1, -0.05) is 12.1 Å². The van der Waals surface area contributed by atoms with E-state index in [9.17, 15) is 5.11 Å². The predicted molar refractivity (Wildman–Crippen MR) is 56.5 cm³/mol. The van der Waals surface area contributed by atoms with Crippen LogP contribution in [0.25, 0.3) is 0 Å². The molecule has 0 aliphatic rings. The van der Waals surface area contributed by atoms with Gasteiger partial charge in [0.15, 0.2) is 0 Å². The van der Waals surface area contributed by atoms with Crippen LogP contribution in [0.4, 0.5) is 0 Å². The highest BCUT2D eigenvalue weighted by Crippen LogP contribution is 2.24. The van der Waals surface area contributed by atoms with E-state index in [4.69, 9.17) is 5.11 Å². The number of hydrogen-bond donors (Lipinski definition) is 2. The van der Waals surface area contributed by atoms with Gasteiger partial charge in [-0.25, -0.2) is 0 Å². The second kappa shape index (κ2) is 3.82. The van der Waals surface area contributed by atoms with Crippen molar-refractivity contribution >= 4 is 11.3 Å². The minimum Gasteiger partial charge on any atom is -0.508 e. The Morgan fingerprint density at radius 3 is 2.29 bits per heavy atom. The Morgan fingerprint density at radius 2 is 1.71 bits per heavy atom. The van der Waals surface area contributed by atoms with E-state index in [0.717, 1.165) is 11.1 Å². The number of rotatable bonds is 2. The van der Waals surface area contributed by atoms with Crippen LogP contribution in [0.2, 0.25) is 0 Å². The lowest BCUT2D eigenvalue weighted by molar-refractivity contribution is 0.221. The number of aliphatic hydroxyl groups is 1. The van der Waals surface area contributed by atoms with E-state index in [-0.39, 0.29) is 5.75 Å². The first kappa shape index (κ1) is 9.24. The van der Waals surface area contributed by atoms with Crippen molar-refractivity contribution in [3.8, 4) is 5.75 Å². The third-order valence-electron chi connectivity index (χ3n) is 2.07. The number of phenols is 1. The fourth-order valence-electron chi connectivity index (χ4n) is 1.28. The molecule has 0 fully saturated rings. The first-order valence-corrected chi connectivity index (χ1v) is 5.21. The zero-order valence-electron chi connectivity index (χ0n) is 7.42. The average Bonchev–Trinajstić information content (AvgIpc) is 2.71. The van der Waals surface area contributed by atoms with Crippen molar-refractivity contribution in [1.29, 1.82) is 0 Å². The molecule has 3 heteroatoms. The molecule has 0 radical (unpaired) electrons. The van der Waals surface area contributed by atoms with E-state index < -0.39 is 6.10 Å². The van der Waals surface area contributed by atoms with Gasteiger partial charge < -0.3 is 10.2 Å². The molecule has 0 saturated heterocycles. The molecule has 2 N–H and O–H groups in total. The summed E-state index contributed by atoms with van der Waals surface area (Å²) >= 11 is 1.56. The largest absolute Gasteiger partial charge is 0.508 e.